The number of hydrogen-bond donors (Lipinski definition) is 2. The molecule has 37 heavy (non-hydrogen) atoms. The second-order valence-electron chi connectivity index (χ2n) is 8.99. The molecule has 0 atom stereocenters. The van der Waals surface area contributed by atoms with Crippen molar-refractivity contribution in [1.82, 2.24) is 0 Å². The van der Waals surface area contributed by atoms with Crippen molar-refractivity contribution in [2.45, 2.75) is 32.0 Å². The summed E-state index contributed by atoms with van der Waals surface area (Å²) >= 11 is 2.53. The Morgan fingerprint density at radius 2 is 1.76 bits per heavy atom. The minimum atomic E-state index is -4.73. The zero-order chi connectivity index (χ0) is 26.7. The van der Waals surface area contributed by atoms with Gasteiger partial charge in [0.1, 0.15) is 10.6 Å². The van der Waals surface area contributed by atoms with Crippen LogP contribution >= 0.6 is 31.2 Å². The van der Waals surface area contributed by atoms with E-state index in [1.54, 1.807) is 0 Å². The summed E-state index contributed by atoms with van der Waals surface area (Å²) in [5, 5.41) is 4.97. The lowest BCUT2D eigenvalue weighted by Gasteiger charge is -2.35. The van der Waals surface area contributed by atoms with E-state index in [9.17, 15) is 18.0 Å². The molecular weight excluding hydrogens is 538 g/mol. The van der Waals surface area contributed by atoms with Gasteiger partial charge in [-0.1, -0.05) is 6.07 Å². The zero-order valence-corrected chi connectivity index (χ0v) is 23.6. The van der Waals surface area contributed by atoms with Gasteiger partial charge in [-0.25, -0.2) is 0 Å². The fourth-order valence-electron chi connectivity index (χ4n) is 4.44. The third kappa shape index (κ3) is 6.92. The van der Waals surface area contributed by atoms with Gasteiger partial charge < -0.3 is 19.7 Å². The van der Waals surface area contributed by atoms with Crippen molar-refractivity contribution in [3.05, 3.63) is 63.3 Å². The number of halogens is 3. The van der Waals surface area contributed by atoms with E-state index in [2.05, 4.69) is 46.3 Å². The maximum atomic E-state index is 13.3. The molecule has 1 fully saturated rings. The number of thiophene rings is 1. The minimum Gasteiger partial charge on any atom is -0.406 e. The number of benzene rings is 2. The maximum absolute atomic E-state index is 13.3. The van der Waals surface area contributed by atoms with Gasteiger partial charge in [-0.2, -0.15) is 0 Å². The Morgan fingerprint density at radius 3 is 2.41 bits per heavy atom. The van der Waals surface area contributed by atoms with Crippen LogP contribution in [0.3, 0.4) is 0 Å². The summed E-state index contributed by atoms with van der Waals surface area (Å²) in [5.74, 6) is -0.487. The van der Waals surface area contributed by atoms with E-state index in [4.69, 9.17) is 0 Å². The van der Waals surface area contributed by atoms with Crippen molar-refractivity contribution >= 4 is 54.2 Å². The number of ether oxygens (including phenoxy) is 1. The van der Waals surface area contributed by atoms with Crippen LogP contribution in [0.1, 0.15) is 26.4 Å². The lowest BCUT2D eigenvalue weighted by Crippen LogP contribution is -2.34. The number of nitrogens with zero attached hydrogens (tertiary/aromatic N) is 1. The molecule has 1 amide bonds. The first-order valence-electron chi connectivity index (χ1n) is 11.7. The van der Waals surface area contributed by atoms with E-state index < -0.39 is 6.36 Å². The number of nitrogens with one attached hydrogen (secondary N) is 2. The highest BCUT2D eigenvalue weighted by atomic mass is 32.2. The Kier molecular flexibility index (Phi) is 8.61. The van der Waals surface area contributed by atoms with E-state index in [1.165, 1.54) is 71.1 Å². The van der Waals surface area contributed by atoms with E-state index in [0.29, 0.717) is 15.5 Å². The number of anilines is 3. The fourth-order valence-corrected chi connectivity index (χ4v) is 7.31. The van der Waals surface area contributed by atoms with Gasteiger partial charge in [0.15, 0.2) is 0 Å². The van der Waals surface area contributed by atoms with Crippen molar-refractivity contribution in [1.29, 1.82) is 0 Å². The highest BCUT2D eigenvalue weighted by Crippen LogP contribution is 2.40. The molecule has 2 heterocycles. The van der Waals surface area contributed by atoms with Crippen molar-refractivity contribution in [3.63, 3.8) is 0 Å². The van der Waals surface area contributed by atoms with Crippen LogP contribution in [-0.4, -0.2) is 44.3 Å². The lowest BCUT2D eigenvalue weighted by molar-refractivity contribution is -0.274. The van der Waals surface area contributed by atoms with Gasteiger partial charge in [-0.3, -0.25) is 4.79 Å². The average molecular weight is 568 g/mol. The highest BCUT2D eigenvalue weighted by molar-refractivity contribution is 8.00. The van der Waals surface area contributed by atoms with Crippen LogP contribution in [0.15, 0.2) is 46.7 Å². The topological polar surface area (TPSA) is 53.6 Å². The Hall–Kier alpha value is -2.42. The number of rotatable bonds is 7. The molecule has 0 saturated carbocycles. The van der Waals surface area contributed by atoms with Gasteiger partial charge in [0.25, 0.3) is 5.91 Å². The van der Waals surface area contributed by atoms with Crippen molar-refractivity contribution in [2.75, 3.05) is 47.0 Å². The van der Waals surface area contributed by atoms with Gasteiger partial charge in [0, 0.05) is 29.4 Å². The normalized spacial score (nSPS) is 14.5. The predicted molar refractivity (Wildman–Crippen MR) is 150 cm³/mol. The van der Waals surface area contributed by atoms with E-state index in [-0.39, 0.29) is 19.6 Å². The number of carbonyl (C=O) groups excluding carboxylic acids is 1. The van der Waals surface area contributed by atoms with Crippen LogP contribution in [0.5, 0.6) is 5.75 Å². The van der Waals surface area contributed by atoms with Crippen LogP contribution < -0.4 is 19.7 Å². The summed E-state index contributed by atoms with van der Waals surface area (Å²) in [6, 6.07) is 9.50. The smallest absolute Gasteiger partial charge is 0.406 e. The summed E-state index contributed by atoms with van der Waals surface area (Å²) in [7, 11) is 0.117. The molecule has 2 N–H and O–H groups in total. The standard InChI is InChI=1S/C26H29F3N3O2PS2/c1-16-15-17(2)23(32-10-12-35(4)13-11-32)18(3)22(16)30-25(33)24-21(9-14-36-24)31-37-20-7-5-19(6-8-20)34-26(27,28)29/h5-9,14-15,31H,10-13H2,1-4H3,(H,30,33). The van der Waals surface area contributed by atoms with Crippen LogP contribution in [0.2, 0.25) is 0 Å². The van der Waals surface area contributed by atoms with Crippen molar-refractivity contribution in [3.8, 4) is 5.75 Å². The molecule has 1 saturated heterocycles. The largest absolute Gasteiger partial charge is 0.573 e. The first-order chi connectivity index (χ1) is 17.5. The molecule has 3 aromatic rings. The third-order valence-electron chi connectivity index (χ3n) is 6.20. The van der Waals surface area contributed by atoms with E-state index in [1.807, 2.05) is 18.4 Å². The zero-order valence-electron chi connectivity index (χ0n) is 21.0. The summed E-state index contributed by atoms with van der Waals surface area (Å²) in [5.41, 5.74) is 6.00. The number of amides is 1. The first kappa shape index (κ1) is 27.6. The maximum Gasteiger partial charge on any atom is 0.573 e. The molecule has 5 nitrogen and oxygen atoms in total. The van der Waals surface area contributed by atoms with Gasteiger partial charge in [0.2, 0.25) is 0 Å². The van der Waals surface area contributed by atoms with Gasteiger partial charge >= 0.3 is 6.36 Å². The molecule has 198 valence electrons. The average Bonchev–Trinajstić information content (AvgIpc) is 3.30. The molecule has 4 rings (SSSR count). The number of carbonyl (C=O) groups is 1. The molecule has 0 bridgehead atoms. The number of hydrogen-bond acceptors (Lipinski definition) is 6. The van der Waals surface area contributed by atoms with Crippen LogP contribution in [-0.2, 0) is 0 Å². The van der Waals surface area contributed by atoms with Crippen molar-refractivity contribution < 1.29 is 22.7 Å². The Bertz CT molecular complexity index is 1260. The summed E-state index contributed by atoms with van der Waals surface area (Å²) < 4.78 is 44.2. The van der Waals surface area contributed by atoms with Gasteiger partial charge in [-0.05, 0) is 104 Å². The van der Waals surface area contributed by atoms with Gasteiger partial charge in [0.05, 0.1) is 5.69 Å². The molecule has 2 aromatic carbocycles. The third-order valence-corrected chi connectivity index (χ3v) is 9.87. The molecule has 0 unspecified atom stereocenters. The first-order valence-corrected chi connectivity index (χ1v) is 15.6. The molecule has 0 spiro atoms. The quantitative estimate of drug-likeness (QED) is 0.225. The molecule has 0 aliphatic carbocycles. The molecule has 11 heteroatoms. The SMILES string of the molecule is Cc1cc(C)c(N2CCP(C)CC2)c(C)c1NC(=O)c1sccc1NSc1ccc(OC(F)(F)F)cc1. The predicted octanol–water partition coefficient (Wildman–Crippen LogP) is 7.88. The summed E-state index contributed by atoms with van der Waals surface area (Å²) in [6.45, 7) is 10.7. The summed E-state index contributed by atoms with van der Waals surface area (Å²) in [6.07, 6.45) is -2.28. The van der Waals surface area contributed by atoms with E-state index in [0.717, 1.165) is 29.9 Å². The van der Waals surface area contributed by atoms with Crippen LogP contribution in [0, 0.1) is 20.8 Å². The second kappa shape index (κ2) is 11.5. The Balaban J connectivity index is 1.46. The van der Waals surface area contributed by atoms with Gasteiger partial charge in [-0.15, -0.1) is 32.4 Å². The van der Waals surface area contributed by atoms with Crippen LogP contribution in [0.25, 0.3) is 0 Å². The molecule has 1 aliphatic rings. The lowest BCUT2D eigenvalue weighted by atomic mass is 10.0. The molecule has 1 aliphatic heterocycles. The summed E-state index contributed by atoms with van der Waals surface area (Å²) in [4.78, 5) is 17.0. The molecule has 1 aromatic heterocycles. The monoisotopic (exact) mass is 567 g/mol. The Morgan fingerprint density at radius 1 is 1.08 bits per heavy atom. The highest BCUT2D eigenvalue weighted by Gasteiger charge is 2.31. The molecular formula is C26H29F3N3O2PS2. The van der Waals surface area contributed by atoms with E-state index >= 15 is 0 Å². The second-order valence-corrected chi connectivity index (χ2v) is 13.4. The van der Waals surface area contributed by atoms with Crippen LogP contribution in [0.4, 0.5) is 30.2 Å². The minimum absolute atomic E-state index is 0.117. The molecule has 0 radical (unpaired) electrons. The number of alkyl halides is 3. The number of aryl methyl sites for hydroxylation is 2. The Labute approximate surface area is 224 Å². The van der Waals surface area contributed by atoms with Crippen molar-refractivity contribution in [2.24, 2.45) is 0 Å². The fraction of sp³-hybridized carbons (Fsp3) is 0.346.